The first-order valence-electron chi connectivity index (χ1n) is 10.9. The molecular weight excluding hydrogens is 378 g/mol. The maximum Gasteiger partial charge on any atom is 0.257 e. The summed E-state index contributed by atoms with van der Waals surface area (Å²) in [6, 6.07) is 5.81. The van der Waals surface area contributed by atoms with Gasteiger partial charge in [-0.25, -0.2) is 9.67 Å². The zero-order valence-electron chi connectivity index (χ0n) is 18.6. The first-order chi connectivity index (χ1) is 14.3. The molecule has 2 aromatic heterocycles. The van der Waals surface area contributed by atoms with E-state index in [0.717, 1.165) is 5.69 Å². The molecule has 2 amide bonds. The molecule has 1 fully saturated rings. The van der Waals surface area contributed by atoms with Crippen LogP contribution in [0, 0.1) is 11.8 Å². The summed E-state index contributed by atoms with van der Waals surface area (Å²) in [6.07, 6.45) is 4.75. The van der Waals surface area contributed by atoms with Gasteiger partial charge in [0.15, 0.2) is 5.82 Å². The molecule has 1 saturated heterocycles. The van der Waals surface area contributed by atoms with Crippen molar-refractivity contribution in [2.24, 2.45) is 11.8 Å². The van der Waals surface area contributed by atoms with Gasteiger partial charge in [0.1, 0.15) is 0 Å². The Morgan fingerprint density at radius 2 is 1.80 bits per heavy atom. The fraction of sp³-hybridized carbons (Fsp3) is 0.565. The topological polar surface area (TPSA) is 80.1 Å². The van der Waals surface area contributed by atoms with Gasteiger partial charge in [-0.3, -0.25) is 9.59 Å². The second kappa shape index (κ2) is 9.41. The maximum atomic E-state index is 13.3. The summed E-state index contributed by atoms with van der Waals surface area (Å²) in [5.41, 5.74) is 1.48. The van der Waals surface area contributed by atoms with Crippen LogP contribution in [0.5, 0.6) is 0 Å². The van der Waals surface area contributed by atoms with E-state index in [-0.39, 0.29) is 29.7 Å². The fourth-order valence-corrected chi connectivity index (χ4v) is 3.76. The van der Waals surface area contributed by atoms with Crippen LogP contribution in [0.2, 0.25) is 0 Å². The van der Waals surface area contributed by atoms with E-state index in [9.17, 15) is 9.59 Å². The number of nitrogens with one attached hydrogen (secondary N) is 1. The van der Waals surface area contributed by atoms with E-state index in [0.29, 0.717) is 43.2 Å². The lowest BCUT2D eigenvalue weighted by Crippen LogP contribution is -2.45. The Morgan fingerprint density at radius 1 is 1.10 bits per heavy atom. The van der Waals surface area contributed by atoms with Crippen LogP contribution < -0.4 is 5.32 Å². The lowest BCUT2D eigenvalue weighted by atomic mass is 9.94. The molecule has 0 radical (unpaired) electrons. The number of rotatable bonds is 6. The average molecular weight is 412 g/mol. The molecule has 1 aliphatic heterocycles. The highest BCUT2D eigenvalue weighted by atomic mass is 16.2. The molecule has 7 nitrogen and oxygen atoms in total. The van der Waals surface area contributed by atoms with E-state index in [1.165, 1.54) is 0 Å². The Hall–Kier alpha value is -2.70. The molecule has 1 atom stereocenters. The van der Waals surface area contributed by atoms with Crippen molar-refractivity contribution in [3.8, 4) is 5.82 Å². The van der Waals surface area contributed by atoms with Gasteiger partial charge in [0, 0.05) is 31.2 Å². The number of hydrogen-bond donors (Lipinski definition) is 1. The average Bonchev–Trinajstić information content (AvgIpc) is 3.19. The third kappa shape index (κ3) is 4.71. The van der Waals surface area contributed by atoms with Gasteiger partial charge in [0.25, 0.3) is 5.91 Å². The van der Waals surface area contributed by atoms with Crippen molar-refractivity contribution in [3.05, 3.63) is 41.9 Å². The maximum absolute atomic E-state index is 13.3. The van der Waals surface area contributed by atoms with Crippen LogP contribution in [0.15, 0.2) is 30.6 Å². The molecule has 0 aliphatic carbocycles. The number of carbonyl (C=O) groups is 2. The predicted octanol–water partition coefficient (Wildman–Crippen LogP) is 3.40. The van der Waals surface area contributed by atoms with Crippen LogP contribution in [-0.2, 0) is 4.79 Å². The number of pyridine rings is 1. The highest BCUT2D eigenvalue weighted by Crippen LogP contribution is 2.26. The number of nitrogens with zero attached hydrogens (tertiary/aromatic N) is 4. The van der Waals surface area contributed by atoms with Crippen molar-refractivity contribution >= 4 is 11.8 Å². The fourth-order valence-electron chi connectivity index (χ4n) is 3.76. The third-order valence-electron chi connectivity index (χ3n) is 5.97. The summed E-state index contributed by atoms with van der Waals surface area (Å²) in [4.78, 5) is 32.0. The SMILES string of the molecule is CC(C)c1c(C(=O)N2CCC(C(=O)NC(C)C(C)C)CC2)cnn1-c1ccccn1. The first-order valence-corrected chi connectivity index (χ1v) is 10.9. The Bertz CT molecular complexity index is 867. The lowest BCUT2D eigenvalue weighted by Gasteiger charge is -2.32. The molecule has 1 aliphatic rings. The van der Waals surface area contributed by atoms with Crippen LogP contribution in [0.4, 0.5) is 0 Å². The van der Waals surface area contributed by atoms with E-state index in [4.69, 9.17) is 0 Å². The Morgan fingerprint density at radius 3 is 2.37 bits per heavy atom. The molecule has 162 valence electrons. The van der Waals surface area contributed by atoms with Crippen molar-refractivity contribution < 1.29 is 9.59 Å². The first kappa shape index (κ1) is 22.0. The predicted molar refractivity (Wildman–Crippen MR) is 117 cm³/mol. The number of amides is 2. The van der Waals surface area contributed by atoms with Gasteiger partial charge in [-0.15, -0.1) is 0 Å². The lowest BCUT2D eigenvalue weighted by molar-refractivity contribution is -0.127. The summed E-state index contributed by atoms with van der Waals surface area (Å²) in [5.74, 6) is 1.28. The second-order valence-electron chi connectivity index (χ2n) is 8.81. The zero-order chi connectivity index (χ0) is 21.8. The summed E-state index contributed by atoms with van der Waals surface area (Å²) in [5, 5.41) is 7.57. The molecule has 7 heteroatoms. The molecule has 2 aromatic rings. The summed E-state index contributed by atoms with van der Waals surface area (Å²) >= 11 is 0. The summed E-state index contributed by atoms with van der Waals surface area (Å²) < 4.78 is 1.76. The van der Waals surface area contributed by atoms with Crippen LogP contribution in [0.3, 0.4) is 0 Å². The molecule has 3 heterocycles. The summed E-state index contributed by atoms with van der Waals surface area (Å²) in [7, 11) is 0. The van der Waals surface area contributed by atoms with Gasteiger partial charge in [0.05, 0.1) is 17.5 Å². The minimum absolute atomic E-state index is 0.0183. The van der Waals surface area contributed by atoms with Gasteiger partial charge in [-0.2, -0.15) is 5.10 Å². The highest BCUT2D eigenvalue weighted by molar-refractivity contribution is 5.95. The molecule has 30 heavy (non-hydrogen) atoms. The molecular formula is C23H33N5O2. The molecule has 1 unspecified atom stereocenters. The Labute approximate surface area is 178 Å². The number of hydrogen-bond acceptors (Lipinski definition) is 4. The number of likely N-dealkylation sites (tertiary alicyclic amines) is 1. The van der Waals surface area contributed by atoms with Gasteiger partial charge < -0.3 is 10.2 Å². The number of piperidine rings is 1. The number of aromatic nitrogens is 3. The molecule has 0 spiro atoms. The minimum atomic E-state index is -0.0314. The van der Waals surface area contributed by atoms with Gasteiger partial charge in [0.2, 0.25) is 5.91 Å². The largest absolute Gasteiger partial charge is 0.353 e. The van der Waals surface area contributed by atoms with E-state index < -0.39 is 0 Å². The van der Waals surface area contributed by atoms with E-state index >= 15 is 0 Å². The van der Waals surface area contributed by atoms with Crippen LogP contribution in [-0.4, -0.2) is 50.6 Å². The quantitative estimate of drug-likeness (QED) is 0.790. The minimum Gasteiger partial charge on any atom is -0.353 e. The molecule has 0 bridgehead atoms. The second-order valence-corrected chi connectivity index (χ2v) is 8.81. The standard InChI is InChI=1S/C23H33N5O2/c1-15(2)17(5)26-22(29)18-9-12-27(13-10-18)23(30)19-14-25-28(21(19)16(3)4)20-8-6-7-11-24-20/h6-8,11,14-18H,9-10,12-13H2,1-5H3,(H,26,29). The number of carbonyl (C=O) groups excluding carboxylic acids is 2. The molecule has 0 saturated carbocycles. The van der Waals surface area contributed by atoms with Gasteiger partial charge in [-0.05, 0) is 43.7 Å². The van der Waals surface area contributed by atoms with Gasteiger partial charge in [-0.1, -0.05) is 33.8 Å². The monoisotopic (exact) mass is 411 g/mol. The van der Waals surface area contributed by atoms with Crippen molar-refractivity contribution in [3.63, 3.8) is 0 Å². The molecule has 0 aromatic carbocycles. The Balaban J connectivity index is 1.70. The zero-order valence-corrected chi connectivity index (χ0v) is 18.6. The molecule has 3 rings (SSSR count). The van der Waals surface area contributed by atoms with E-state index in [1.54, 1.807) is 17.1 Å². The summed E-state index contributed by atoms with van der Waals surface area (Å²) in [6.45, 7) is 11.5. The van der Waals surface area contributed by atoms with E-state index in [2.05, 4.69) is 43.1 Å². The van der Waals surface area contributed by atoms with E-state index in [1.807, 2.05) is 30.0 Å². The van der Waals surface area contributed by atoms with Gasteiger partial charge >= 0.3 is 0 Å². The van der Waals surface area contributed by atoms with Crippen molar-refractivity contribution in [1.82, 2.24) is 25.0 Å². The molecule has 1 N–H and O–H groups in total. The smallest absolute Gasteiger partial charge is 0.257 e. The van der Waals surface area contributed by atoms with Crippen molar-refractivity contribution in [2.75, 3.05) is 13.1 Å². The third-order valence-corrected chi connectivity index (χ3v) is 5.97. The van der Waals surface area contributed by atoms with Crippen LogP contribution in [0.1, 0.15) is 69.4 Å². The van der Waals surface area contributed by atoms with Crippen LogP contribution >= 0.6 is 0 Å². The van der Waals surface area contributed by atoms with Crippen LogP contribution in [0.25, 0.3) is 5.82 Å². The Kier molecular flexibility index (Phi) is 6.90. The van der Waals surface area contributed by atoms with Crippen molar-refractivity contribution in [2.45, 2.75) is 59.4 Å². The normalized spacial score (nSPS) is 16.2. The highest BCUT2D eigenvalue weighted by Gasteiger charge is 2.31. The van der Waals surface area contributed by atoms with Crippen molar-refractivity contribution in [1.29, 1.82) is 0 Å².